The monoisotopic (exact) mass is 284 g/mol. The molecule has 0 aliphatic heterocycles. The quantitative estimate of drug-likeness (QED) is 0.822. The Balaban J connectivity index is 2.20. The summed E-state index contributed by atoms with van der Waals surface area (Å²) in [6, 6.07) is 17.9. The van der Waals surface area contributed by atoms with Crippen molar-refractivity contribution in [2.24, 2.45) is 0 Å². The maximum absolute atomic E-state index is 8.95. The number of hydrogen-bond donors (Lipinski definition) is 1. The Hall–Kier alpha value is -1.98. The van der Waals surface area contributed by atoms with Crippen LogP contribution in [0.15, 0.2) is 48.5 Å². The van der Waals surface area contributed by atoms with Crippen molar-refractivity contribution < 1.29 is 0 Å². The molecule has 0 aliphatic carbocycles. The summed E-state index contributed by atoms with van der Waals surface area (Å²) >= 11 is 5.94. The van der Waals surface area contributed by atoms with E-state index in [1.165, 1.54) is 5.56 Å². The van der Waals surface area contributed by atoms with Crippen molar-refractivity contribution in [1.29, 1.82) is 5.26 Å². The van der Waals surface area contributed by atoms with Crippen molar-refractivity contribution in [3.05, 3.63) is 64.7 Å². The molecule has 102 valence electrons. The van der Waals surface area contributed by atoms with Crippen LogP contribution in [0.2, 0.25) is 5.02 Å². The number of nitrogens with one attached hydrogen (secondary N) is 1. The van der Waals surface area contributed by atoms with E-state index in [4.69, 9.17) is 16.9 Å². The minimum atomic E-state index is 0.228. The molecule has 1 N–H and O–H groups in total. The van der Waals surface area contributed by atoms with Gasteiger partial charge in [0.1, 0.15) is 0 Å². The lowest BCUT2D eigenvalue weighted by Gasteiger charge is -2.20. The third kappa shape index (κ3) is 3.76. The Morgan fingerprint density at radius 3 is 2.60 bits per heavy atom. The van der Waals surface area contributed by atoms with Crippen molar-refractivity contribution >= 4 is 17.3 Å². The highest BCUT2D eigenvalue weighted by atomic mass is 35.5. The Kier molecular flexibility index (Phi) is 5.03. The van der Waals surface area contributed by atoms with E-state index >= 15 is 0 Å². The molecule has 0 fully saturated rings. The molecule has 0 heterocycles. The molecule has 0 saturated carbocycles. The van der Waals surface area contributed by atoms with Gasteiger partial charge in [0.05, 0.1) is 17.7 Å². The van der Waals surface area contributed by atoms with Crippen LogP contribution in [-0.4, -0.2) is 0 Å². The lowest BCUT2D eigenvalue weighted by atomic mass is 10.0. The number of halogens is 1. The van der Waals surface area contributed by atoms with E-state index in [1.807, 2.05) is 48.5 Å². The number of anilines is 1. The average Bonchev–Trinajstić information content (AvgIpc) is 2.48. The van der Waals surface area contributed by atoms with E-state index in [0.29, 0.717) is 5.56 Å². The second-order valence-electron chi connectivity index (χ2n) is 4.73. The number of rotatable bonds is 5. The van der Waals surface area contributed by atoms with Crippen LogP contribution in [-0.2, 0) is 0 Å². The van der Waals surface area contributed by atoms with Crippen LogP contribution in [0.25, 0.3) is 0 Å². The molecule has 0 radical (unpaired) electrons. The highest BCUT2D eigenvalue weighted by molar-refractivity contribution is 6.30. The summed E-state index contributed by atoms with van der Waals surface area (Å²) in [5.41, 5.74) is 2.84. The molecule has 0 bridgehead atoms. The zero-order valence-corrected chi connectivity index (χ0v) is 12.2. The van der Waals surface area contributed by atoms with Gasteiger partial charge < -0.3 is 5.32 Å². The van der Waals surface area contributed by atoms with Gasteiger partial charge in [0.25, 0.3) is 0 Å². The standard InChI is InChI=1S/C17H17ClN2/c1-2-4-17(14-7-9-15(18)10-8-14)20-16-6-3-5-13(11-16)12-19/h3,5-11,17,20H,2,4H2,1H3. The van der Waals surface area contributed by atoms with Gasteiger partial charge in [-0.1, -0.05) is 43.1 Å². The smallest absolute Gasteiger partial charge is 0.0992 e. The number of benzene rings is 2. The van der Waals surface area contributed by atoms with Crippen molar-refractivity contribution in [3.8, 4) is 6.07 Å². The van der Waals surface area contributed by atoms with E-state index in [0.717, 1.165) is 23.6 Å². The fourth-order valence-corrected chi connectivity index (χ4v) is 2.31. The molecule has 2 nitrogen and oxygen atoms in total. The molecule has 3 heteroatoms. The normalized spacial score (nSPS) is 11.7. The lowest BCUT2D eigenvalue weighted by molar-refractivity contribution is 0.677. The third-order valence-electron chi connectivity index (χ3n) is 3.18. The lowest BCUT2D eigenvalue weighted by Crippen LogP contribution is -2.10. The van der Waals surface area contributed by atoms with Gasteiger partial charge in [-0.25, -0.2) is 0 Å². The first-order valence-corrected chi connectivity index (χ1v) is 7.13. The number of hydrogen-bond acceptors (Lipinski definition) is 2. The van der Waals surface area contributed by atoms with Gasteiger partial charge in [-0.3, -0.25) is 0 Å². The van der Waals surface area contributed by atoms with Crippen molar-refractivity contribution in [2.75, 3.05) is 5.32 Å². The summed E-state index contributed by atoms with van der Waals surface area (Å²) in [5.74, 6) is 0. The maximum Gasteiger partial charge on any atom is 0.0992 e. The summed E-state index contributed by atoms with van der Waals surface area (Å²) in [7, 11) is 0. The van der Waals surface area contributed by atoms with Gasteiger partial charge in [-0.05, 0) is 42.3 Å². The Morgan fingerprint density at radius 1 is 1.20 bits per heavy atom. The van der Waals surface area contributed by atoms with Gasteiger partial charge in [0.15, 0.2) is 0 Å². The molecule has 0 aliphatic rings. The molecule has 20 heavy (non-hydrogen) atoms. The Bertz CT molecular complexity index is 599. The highest BCUT2D eigenvalue weighted by Crippen LogP contribution is 2.25. The second-order valence-corrected chi connectivity index (χ2v) is 5.17. The summed E-state index contributed by atoms with van der Waals surface area (Å²) in [6.45, 7) is 2.16. The molecular formula is C17H17ClN2. The molecule has 2 rings (SSSR count). The largest absolute Gasteiger partial charge is 0.378 e. The van der Waals surface area contributed by atoms with Gasteiger partial charge in [-0.2, -0.15) is 5.26 Å². The van der Waals surface area contributed by atoms with E-state index in [2.05, 4.69) is 18.3 Å². The number of nitriles is 1. The van der Waals surface area contributed by atoms with Crippen LogP contribution in [0.5, 0.6) is 0 Å². The zero-order valence-electron chi connectivity index (χ0n) is 11.4. The van der Waals surface area contributed by atoms with E-state index in [-0.39, 0.29) is 6.04 Å². The average molecular weight is 285 g/mol. The molecule has 2 aromatic carbocycles. The topological polar surface area (TPSA) is 35.8 Å². The maximum atomic E-state index is 8.95. The molecule has 0 saturated heterocycles. The molecule has 2 aromatic rings. The van der Waals surface area contributed by atoms with Gasteiger partial charge in [-0.15, -0.1) is 0 Å². The predicted molar refractivity (Wildman–Crippen MR) is 83.9 cm³/mol. The summed E-state index contributed by atoms with van der Waals surface area (Å²) in [5, 5.41) is 13.2. The van der Waals surface area contributed by atoms with Crippen molar-refractivity contribution in [2.45, 2.75) is 25.8 Å². The highest BCUT2D eigenvalue weighted by Gasteiger charge is 2.10. The third-order valence-corrected chi connectivity index (χ3v) is 3.43. The fourth-order valence-electron chi connectivity index (χ4n) is 2.19. The Morgan fingerprint density at radius 2 is 1.95 bits per heavy atom. The van der Waals surface area contributed by atoms with Crippen LogP contribution in [0.3, 0.4) is 0 Å². The van der Waals surface area contributed by atoms with Crippen LogP contribution >= 0.6 is 11.6 Å². The molecule has 1 atom stereocenters. The van der Waals surface area contributed by atoms with E-state index < -0.39 is 0 Å². The van der Waals surface area contributed by atoms with Gasteiger partial charge in [0.2, 0.25) is 0 Å². The van der Waals surface area contributed by atoms with E-state index in [9.17, 15) is 0 Å². The van der Waals surface area contributed by atoms with Crippen LogP contribution < -0.4 is 5.32 Å². The first kappa shape index (κ1) is 14.4. The minimum Gasteiger partial charge on any atom is -0.378 e. The second kappa shape index (κ2) is 6.98. The van der Waals surface area contributed by atoms with Crippen molar-refractivity contribution in [1.82, 2.24) is 0 Å². The minimum absolute atomic E-state index is 0.228. The van der Waals surface area contributed by atoms with Gasteiger partial charge in [0, 0.05) is 10.7 Å². The fraction of sp³-hybridized carbons (Fsp3) is 0.235. The number of nitrogens with zero attached hydrogens (tertiary/aromatic N) is 1. The summed E-state index contributed by atoms with van der Waals surface area (Å²) in [4.78, 5) is 0. The summed E-state index contributed by atoms with van der Waals surface area (Å²) < 4.78 is 0. The van der Waals surface area contributed by atoms with Crippen LogP contribution in [0, 0.1) is 11.3 Å². The zero-order chi connectivity index (χ0) is 14.4. The molecule has 0 aromatic heterocycles. The van der Waals surface area contributed by atoms with E-state index in [1.54, 1.807) is 0 Å². The van der Waals surface area contributed by atoms with Gasteiger partial charge >= 0.3 is 0 Å². The molecular weight excluding hydrogens is 268 g/mol. The molecule has 0 amide bonds. The van der Waals surface area contributed by atoms with Crippen molar-refractivity contribution in [3.63, 3.8) is 0 Å². The van der Waals surface area contributed by atoms with Crippen LogP contribution in [0.4, 0.5) is 5.69 Å². The first-order valence-electron chi connectivity index (χ1n) is 6.75. The molecule has 0 spiro atoms. The SMILES string of the molecule is CCCC(Nc1cccc(C#N)c1)c1ccc(Cl)cc1. The first-order chi connectivity index (χ1) is 9.72. The predicted octanol–water partition coefficient (Wildman–Crippen LogP) is 5.16. The summed E-state index contributed by atoms with van der Waals surface area (Å²) in [6.07, 6.45) is 2.11. The molecule has 1 unspecified atom stereocenters. The Labute approximate surface area is 125 Å². The van der Waals surface area contributed by atoms with Crippen LogP contribution in [0.1, 0.15) is 36.9 Å².